The Morgan fingerprint density at radius 1 is 1.08 bits per heavy atom. The molecular weight excluding hydrogens is 466 g/mol. The standard InChI is InChI=1S/C22H29N11O3/c1-30(17-13-18-27-19(20-24-3-10-36-20)29-33(18)21(23)28-17)4-5-31-6-8-32(9-7-31)22-25-14-16(15-26-22)35-12-11-34-2/h3,10,13-15H,4-9,11-12H2,1-2H3,(H2,23,28). The summed E-state index contributed by atoms with van der Waals surface area (Å²) in [5, 5.41) is 4.34. The van der Waals surface area contributed by atoms with Gasteiger partial charge in [-0.05, 0) is 0 Å². The molecule has 2 N–H and O–H groups in total. The zero-order valence-electron chi connectivity index (χ0n) is 20.3. The van der Waals surface area contributed by atoms with Crippen LogP contribution in [0.25, 0.3) is 17.4 Å². The highest BCUT2D eigenvalue weighted by Crippen LogP contribution is 2.20. The topological polar surface area (TPSA) is 149 Å². The summed E-state index contributed by atoms with van der Waals surface area (Å²) >= 11 is 0. The van der Waals surface area contributed by atoms with Crippen molar-refractivity contribution in [2.75, 3.05) is 82.2 Å². The number of anilines is 3. The minimum atomic E-state index is 0.253. The molecular formula is C22H29N11O3. The number of oxazole rings is 1. The van der Waals surface area contributed by atoms with Crippen molar-refractivity contribution in [3.05, 3.63) is 30.9 Å². The third kappa shape index (κ3) is 5.28. The Kier molecular flexibility index (Phi) is 7.04. The third-order valence-electron chi connectivity index (χ3n) is 5.93. The smallest absolute Gasteiger partial charge is 0.266 e. The molecule has 1 aliphatic heterocycles. The number of nitrogen functional groups attached to an aromatic ring is 1. The van der Waals surface area contributed by atoms with Gasteiger partial charge in [0.2, 0.25) is 17.7 Å². The normalized spacial score (nSPS) is 14.4. The Morgan fingerprint density at radius 3 is 2.61 bits per heavy atom. The van der Waals surface area contributed by atoms with E-state index in [4.69, 9.17) is 19.6 Å². The molecule has 4 aromatic heterocycles. The lowest BCUT2D eigenvalue weighted by Gasteiger charge is -2.35. The SMILES string of the molecule is COCCOc1cnc(N2CCN(CCN(C)c3cc4nc(-c5ncco5)nn4c(N)n3)CC2)nc1. The van der Waals surface area contributed by atoms with Gasteiger partial charge in [-0.25, -0.2) is 19.9 Å². The van der Waals surface area contributed by atoms with Crippen molar-refractivity contribution in [2.24, 2.45) is 0 Å². The van der Waals surface area contributed by atoms with E-state index in [-0.39, 0.29) is 5.95 Å². The maximum absolute atomic E-state index is 6.14. The van der Waals surface area contributed by atoms with Gasteiger partial charge in [0, 0.05) is 59.5 Å². The summed E-state index contributed by atoms with van der Waals surface area (Å²) in [5.74, 6) is 3.04. The zero-order valence-corrected chi connectivity index (χ0v) is 20.3. The molecule has 0 saturated carbocycles. The van der Waals surface area contributed by atoms with Crippen LogP contribution in [-0.4, -0.2) is 106 Å². The number of nitrogens with zero attached hydrogens (tertiary/aromatic N) is 10. The van der Waals surface area contributed by atoms with Crippen molar-refractivity contribution < 1.29 is 13.9 Å². The van der Waals surface area contributed by atoms with E-state index in [1.807, 2.05) is 13.1 Å². The second-order valence-electron chi connectivity index (χ2n) is 8.33. The van der Waals surface area contributed by atoms with Crippen LogP contribution in [0.15, 0.2) is 35.3 Å². The number of ether oxygens (including phenoxy) is 2. The van der Waals surface area contributed by atoms with Crippen LogP contribution in [-0.2, 0) is 4.74 Å². The van der Waals surface area contributed by atoms with Crippen molar-refractivity contribution in [1.82, 2.24) is 39.4 Å². The number of methoxy groups -OCH3 is 1. The fraction of sp³-hybridized carbons (Fsp3) is 0.455. The first-order valence-corrected chi connectivity index (χ1v) is 11.7. The van der Waals surface area contributed by atoms with Gasteiger partial charge in [-0.3, -0.25) is 4.90 Å². The van der Waals surface area contributed by atoms with Crippen molar-refractivity contribution in [3.8, 4) is 17.5 Å². The van der Waals surface area contributed by atoms with E-state index in [1.165, 1.54) is 10.8 Å². The number of fused-ring (bicyclic) bond motifs is 1. The minimum Gasteiger partial charge on any atom is -0.488 e. The number of hydrogen-bond donors (Lipinski definition) is 1. The third-order valence-corrected chi connectivity index (χ3v) is 5.93. The number of nitrogens with two attached hydrogens (primary N) is 1. The van der Waals surface area contributed by atoms with E-state index in [9.17, 15) is 0 Å². The lowest BCUT2D eigenvalue weighted by atomic mass is 10.3. The highest BCUT2D eigenvalue weighted by molar-refractivity contribution is 5.58. The number of hydrogen-bond acceptors (Lipinski definition) is 13. The van der Waals surface area contributed by atoms with Gasteiger partial charge in [-0.2, -0.15) is 9.50 Å². The molecule has 1 saturated heterocycles. The molecule has 5 heterocycles. The minimum absolute atomic E-state index is 0.253. The van der Waals surface area contributed by atoms with Crippen molar-refractivity contribution in [1.29, 1.82) is 0 Å². The summed E-state index contributed by atoms with van der Waals surface area (Å²) < 4.78 is 17.3. The maximum atomic E-state index is 6.14. The highest BCUT2D eigenvalue weighted by atomic mass is 16.5. The van der Waals surface area contributed by atoms with Gasteiger partial charge in [0.25, 0.3) is 5.89 Å². The molecule has 0 aromatic carbocycles. The van der Waals surface area contributed by atoms with E-state index in [0.29, 0.717) is 36.3 Å². The molecule has 1 fully saturated rings. The van der Waals surface area contributed by atoms with Crippen LogP contribution in [0.3, 0.4) is 0 Å². The second kappa shape index (κ2) is 10.7. The second-order valence-corrected chi connectivity index (χ2v) is 8.33. The molecule has 0 spiro atoms. The Labute approximate surface area is 207 Å². The van der Waals surface area contributed by atoms with E-state index in [0.717, 1.165) is 51.0 Å². The monoisotopic (exact) mass is 495 g/mol. The Balaban J connectivity index is 1.13. The van der Waals surface area contributed by atoms with Gasteiger partial charge in [-0.1, -0.05) is 0 Å². The van der Waals surface area contributed by atoms with Crippen LogP contribution in [0.4, 0.5) is 17.7 Å². The molecule has 0 atom stereocenters. The molecule has 1 aliphatic rings. The first kappa shape index (κ1) is 23.7. The Hall–Kier alpha value is -4.04. The molecule has 0 bridgehead atoms. The van der Waals surface area contributed by atoms with Gasteiger partial charge in [-0.15, -0.1) is 5.10 Å². The van der Waals surface area contributed by atoms with Crippen LogP contribution in [0.1, 0.15) is 0 Å². The lowest BCUT2D eigenvalue weighted by molar-refractivity contribution is 0.146. The quantitative estimate of drug-likeness (QED) is 0.303. The predicted molar refractivity (Wildman–Crippen MR) is 132 cm³/mol. The largest absolute Gasteiger partial charge is 0.488 e. The van der Waals surface area contributed by atoms with E-state index >= 15 is 0 Å². The molecule has 5 rings (SSSR count). The summed E-state index contributed by atoms with van der Waals surface area (Å²) in [4.78, 5) is 28.6. The van der Waals surface area contributed by atoms with Crippen molar-refractivity contribution in [2.45, 2.75) is 0 Å². The Morgan fingerprint density at radius 2 is 1.89 bits per heavy atom. The van der Waals surface area contributed by atoms with Crippen LogP contribution in [0, 0.1) is 0 Å². The van der Waals surface area contributed by atoms with Gasteiger partial charge < -0.3 is 29.4 Å². The molecule has 0 unspecified atom stereocenters. The van der Waals surface area contributed by atoms with Gasteiger partial charge in [0.05, 0.1) is 25.2 Å². The van der Waals surface area contributed by atoms with E-state index < -0.39 is 0 Å². The summed E-state index contributed by atoms with van der Waals surface area (Å²) in [6.07, 6.45) is 6.44. The average molecular weight is 496 g/mol. The molecule has 0 aliphatic carbocycles. The molecule has 14 heteroatoms. The van der Waals surface area contributed by atoms with Gasteiger partial charge in [0.15, 0.2) is 11.4 Å². The highest BCUT2D eigenvalue weighted by Gasteiger charge is 2.20. The first-order chi connectivity index (χ1) is 17.6. The predicted octanol–water partition coefficient (Wildman–Crippen LogP) is 0.435. The average Bonchev–Trinajstić information content (AvgIpc) is 3.59. The Bertz CT molecular complexity index is 1250. The molecule has 4 aromatic rings. The number of aromatic nitrogens is 7. The molecule has 190 valence electrons. The van der Waals surface area contributed by atoms with Crippen LogP contribution >= 0.6 is 0 Å². The van der Waals surface area contributed by atoms with Gasteiger partial charge in [0.1, 0.15) is 18.7 Å². The van der Waals surface area contributed by atoms with E-state index in [1.54, 1.807) is 25.7 Å². The summed E-state index contributed by atoms with van der Waals surface area (Å²) in [7, 11) is 3.63. The maximum Gasteiger partial charge on any atom is 0.266 e. The summed E-state index contributed by atoms with van der Waals surface area (Å²) in [6.45, 7) is 6.23. The van der Waals surface area contributed by atoms with Crippen LogP contribution in [0.5, 0.6) is 5.75 Å². The fourth-order valence-electron chi connectivity index (χ4n) is 3.89. The van der Waals surface area contributed by atoms with Crippen LogP contribution < -0.4 is 20.3 Å². The van der Waals surface area contributed by atoms with Crippen LogP contribution in [0.2, 0.25) is 0 Å². The van der Waals surface area contributed by atoms with Crippen molar-refractivity contribution in [3.63, 3.8) is 0 Å². The molecule has 14 nitrogen and oxygen atoms in total. The number of piperazine rings is 1. The number of likely N-dealkylation sites (N-methyl/N-ethyl adjacent to an activating group) is 1. The van der Waals surface area contributed by atoms with E-state index in [2.05, 4.69) is 44.7 Å². The fourth-order valence-corrected chi connectivity index (χ4v) is 3.89. The lowest BCUT2D eigenvalue weighted by Crippen LogP contribution is -2.48. The van der Waals surface area contributed by atoms with Crippen molar-refractivity contribution >= 4 is 23.4 Å². The zero-order chi connectivity index (χ0) is 24.9. The summed E-state index contributed by atoms with van der Waals surface area (Å²) in [5.41, 5.74) is 6.73. The first-order valence-electron chi connectivity index (χ1n) is 11.7. The molecule has 0 amide bonds. The van der Waals surface area contributed by atoms with Gasteiger partial charge >= 0.3 is 0 Å². The molecule has 36 heavy (non-hydrogen) atoms. The summed E-state index contributed by atoms with van der Waals surface area (Å²) in [6, 6.07) is 1.85. The molecule has 0 radical (unpaired) electrons. The number of rotatable bonds is 10.